The molecule has 0 spiro atoms. The first-order chi connectivity index (χ1) is 9.32. The molecule has 21 heavy (non-hydrogen) atoms. The molecule has 3 nitrogen and oxygen atoms in total. The molecular weight excluding hydrogens is 301 g/mol. The molecule has 0 radical (unpaired) electrons. The molecule has 1 aromatic rings. The lowest BCUT2D eigenvalue weighted by Gasteiger charge is -2.36. The number of benzene rings is 1. The quantitative estimate of drug-likeness (QED) is 0.808. The van der Waals surface area contributed by atoms with E-state index < -0.39 is 20.4 Å². The van der Waals surface area contributed by atoms with E-state index in [1.165, 1.54) is 12.1 Å². The molecule has 0 saturated carbocycles. The van der Waals surface area contributed by atoms with Crippen molar-refractivity contribution in [3.05, 3.63) is 23.8 Å². The van der Waals surface area contributed by atoms with Gasteiger partial charge in [-0.3, -0.25) is 0 Å². The van der Waals surface area contributed by atoms with Gasteiger partial charge in [-0.05, 0) is 30.3 Å². The lowest BCUT2D eigenvalue weighted by molar-refractivity contribution is -0.275. The molecule has 0 unspecified atom stereocenters. The molecule has 7 heteroatoms. The molecule has 1 aromatic carbocycles. The molecule has 0 heterocycles. The lowest BCUT2D eigenvalue weighted by atomic mass is 10.2. The van der Waals surface area contributed by atoms with Crippen LogP contribution in [0.1, 0.15) is 26.3 Å². The predicted octanol–water partition coefficient (Wildman–Crippen LogP) is 4.81. The summed E-state index contributed by atoms with van der Waals surface area (Å²) >= 11 is 0. The summed E-state index contributed by atoms with van der Waals surface area (Å²) in [6.45, 7) is 10.2. The molecule has 0 atom stereocenters. The van der Waals surface area contributed by atoms with Crippen LogP contribution < -0.4 is 4.74 Å². The zero-order valence-corrected chi connectivity index (χ0v) is 13.8. The number of phenolic OH excluding ortho intramolecular Hbond substituents is 1. The average molecular weight is 322 g/mol. The van der Waals surface area contributed by atoms with E-state index in [2.05, 4.69) is 4.74 Å². The molecule has 0 aliphatic rings. The van der Waals surface area contributed by atoms with Gasteiger partial charge in [-0.2, -0.15) is 0 Å². The molecule has 0 aliphatic heterocycles. The van der Waals surface area contributed by atoms with Crippen molar-refractivity contribution < 1.29 is 27.4 Å². The van der Waals surface area contributed by atoms with Crippen molar-refractivity contribution >= 4 is 8.32 Å². The van der Waals surface area contributed by atoms with E-state index in [0.717, 1.165) is 6.07 Å². The first kappa shape index (κ1) is 17.8. The second-order valence-electron chi connectivity index (χ2n) is 6.39. The fourth-order valence-corrected chi connectivity index (χ4v) is 2.31. The largest absolute Gasteiger partial charge is 0.573 e. The number of ether oxygens (including phenoxy) is 1. The smallest absolute Gasteiger partial charge is 0.508 e. The first-order valence-corrected chi connectivity index (χ1v) is 9.44. The molecule has 0 amide bonds. The number of alkyl halides is 3. The topological polar surface area (TPSA) is 38.7 Å². The highest BCUT2D eigenvalue weighted by atomic mass is 28.4. The van der Waals surface area contributed by atoms with Crippen molar-refractivity contribution in [3.8, 4) is 11.5 Å². The van der Waals surface area contributed by atoms with Crippen LogP contribution in [0, 0.1) is 0 Å². The second kappa shape index (κ2) is 5.88. The van der Waals surface area contributed by atoms with Gasteiger partial charge in [0.25, 0.3) is 0 Å². The maximum atomic E-state index is 12.4. The van der Waals surface area contributed by atoms with Gasteiger partial charge in [0.1, 0.15) is 11.5 Å². The molecule has 0 aliphatic carbocycles. The highest BCUT2D eigenvalue weighted by molar-refractivity contribution is 6.74. The van der Waals surface area contributed by atoms with Crippen molar-refractivity contribution in [1.82, 2.24) is 0 Å². The SMILES string of the molecule is CC(C)(C)[Si](C)(C)OCc1ccc(O)cc1OC(F)(F)F. The Labute approximate surface area is 123 Å². The van der Waals surface area contributed by atoms with Gasteiger partial charge in [0.15, 0.2) is 8.32 Å². The van der Waals surface area contributed by atoms with E-state index in [0.29, 0.717) is 0 Å². The van der Waals surface area contributed by atoms with Gasteiger partial charge in [-0.1, -0.05) is 20.8 Å². The summed E-state index contributed by atoms with van der Waals surface area (Å²) in [5.74, 6) is -0.716. The summed E-state index contributed by atoms with van der Waals surface area (Å²) in [7, 11) is -2.08. The van der Waals surface area contributed by atoms with Crippen LogP contribution in [0.15, 0.2) is 18.2 Å². The Morgan fingerprint density at radius 1 is 1.14 bits per heavy atom. The standard InChI is InChI=1S/C14H21F3O3Si/c1-13(2,3)21(4,5)19-9-10-6-7-11(18)8-12(10)20-14(15,16)17/h6-8,18H,9H2,1-5H3. The van der Waals surface area contributed by atoms with Crippen molar-refractivity contribution in [1.29, 1.82) is 0 Å². The molecule has 1 N–H and O–H groups in total. The van der Waals surface area contributed by atoms with Crippen LogP contribution in [0.4, 0.5) is 13.2 Å². The van der Waals surface area contributed by atoms with E-state index >= 15 is 0 Å². The van der Waals surface area contributed by atoms with Crippen LogP contribution in [-0.2, 0) is 11.0 Å². The maximum Gasteiger partial charge on any atom is 0.573 e. The fourth-order valence-electron chi connectivity index (χ4n) is 1.36. The Bertz CT molecular complexity index is 493. The van der Waals surface area contributed by atoms with Crippen LogP contribution >= 0.6 is 0 Å². The van der Waals surface area contributed by atoms with Crippen LogP contribution in [0.25, 0.3) is 0 Å². The maximum absolute atomic E-state index is 12.4. The normalized spacial score (nSPS) is 13.3. The highest BCUT2D eigenvalue weighted by Gasteiger charge is 2.37. The van der Waals surface area contributed by atoms with Crippen LogP contribution in [0.2, 0.25) is 18.1 Å². The Kier molecular flexibility index (Phi) is 5.00. The zero-order chi connectivity index (χ0) is 16.5. The third-order valence-corrected chi connectivity index (χ3v) is 8.15. The summed E-state index contributed by atoms with van der Waals surface area (Å²) in [4.78, 5) is 0. The van der Waals surface area contributed by atoms with Gasteiger partial charge in [-0.15, -0.1) is 13.2 Å². The highest BCUT2D eigenvalue weighted by Crippen LogP contribution is 2.38. The zero-order valence-electron chi connectivity index (χ0n) is 12.8. The van der Waals surface area contributed by atoms with Gasteiger partial charge in [-0.25, -0.2) is 0 Å². The van der Waals surface area contributed by atoms with E-state index in [1.54, 1.807) is 0 Å². The summed E-state index contributed by atoms with van der Waals surface area (Å²) in [5.41, 5.74) is 0.259. The number of aromatic hydroxyl groups is 1. The summed E-state index contributed by atoms with van der Waals surface area (Å²) in [6, 6.07) is 3.63. The monoisotopic (exact) mass is 322 g/mol. The van der Waals surface area contributed by atoms with Gasteiger partial charge < -0.3 is 14.3 Å². The van der Waals surface area contributed by atoms with Gasteiger partial charge >= 0.3 is 6.36 Å². The van der Waals surface area contributed by atoms with Crippen LogP contribution in [-0.4, -0.2) is 19.8 Å². The van der Waals surface area contributed by atoms with Gasteiger partial charge in [0, 0.05) is 11.6 Å². The predicted molar refractivity (Wildman–Crippen MR) is 76.8 cm³/mol. The number of hydrogen-bond acceptors (Lipinski definition) is 3. The second-order valence-corrected chi connectivity index (χ2v) is 11.2. The molecular formula is C14H21F3O3Si. The van der Waals surface area contributed by atoms with Crippen molar-refractivity contribution in [2.75, 3.05) is 0 Å². The minimum Gasteiger partial charge on any atom is -0.508 e. The fraction of sp³-hybridized carbons (Fsp3) is 0.571. The third-order valence-electron chi connectivity index (χ3n) is 3.67. The van der Waals surface area contributed by atoms with Gasteiger partial charge in [0.2, 0.25) is 0 Å². The first-order valence-electron chi connectivity index (χ1n) is 6.53. The van der Waals surface area contributed by atoms with E-state index in [4.69, 9.17) is 4.43 Å². The molecule has 120 valence electrons. The summed E-state index contributed by atoms with van der Waals surface area (Å²) in [5, 5.41) is 9.27. The van der Waals surface area contributed by atoms with E-state index in [-0.39, 0.29) is 23.0 Å². The molecule has 1 rings (SSSR count). The van der Waals surface area contributed by atoms with Crippen molar-refractivity contribution in [2.24, 2.45) is 0 Å². The average Bonchev–Trinajstić information content (AvgIpc) is 2.24. The number of phenols is 1. The Balaban J connectivity index is 2.94. The van der Waals surface area contributed by atoms with E-state index in [1.807, 2.05) is 33.9 Å². The third kappa shape index (κ3) is 5.24. The Morgan fingerprint density at radius 3 is 2.19 bits per heavy atom. The minimum absolute atomic E-state index is 0.0161. The number of hydrogen-bond donors (Lipinski definition) is 1. The molecule has 0 bridgehead atoms. The minimum atomic E-state index is -4.81. The van der Waals surface area contributed by atoms with E-state index in [9.17, 15) is 18.3 Å². The van der Waals surface area contributed by atoms with Crippen molar-refractivity contribution in [3.63, 3.8) is 0 Å². The molecule has 0 aromatic heterocycles. The summed E-state index contributed by atoms with van der Waals surface area (Å²) < 4.78 is 47.0. The van der Waals surface area contributed by atoms with Crippen LogP contribution in [0.5, 0.6) is 11.5 Å². The Hall–Kier alpha value is -1.21. The summed E-state index contributed by atoms with van der Waals surface area (Å²) in [6.07, 6.45) is -4.81. The van der Waals surface area contributed by atoms with Gasteiger partial charge in [0.05, 0.1) is 6.61 Å². The lowest BCUT2D eigenvalue weighted by Crippen LogP contribution is -2.40. The molecule has 0 fully saturated rings. The molecule has 0 saturated heterocycles. The Morgan fingerprint density at radius 2 is 1.71 bits per heavy atom. The van der Waals surface area contributed by atoms with Crippen LogP contribution in [0.3, 0.4) is 0 Å². The number of rotatable bonds is 4. The van der Waals surface area contributed by atoms with Crippen molar-refractivity contribution in [2.45, 2.75) is 51.9 Å². The number of halogens is 3.